The SMILES string of the molecule is CC(C)c1ccccc1NC(=O)CSCC(=O)N1CCCCC1. The Kier molecular flexibility index (Phi) is 6.96. The lowest BCUT2D eigenvalue weighted by atomic mass is 10.0. The maximum absolute atomic E-state index is 12.1. The van der Waals surface area contributed by atoms with Gasteiger partial charge in [0.15, 0.2) is 0 Å². The molecule has 2 rings (SSSR count). The molecule has 1 fully saturated rings. The van der Waals surface area contributed by atoms with Crippen LogP contribution in [0.15, 0.2) is 24.3 Å². The standard InChI is InChI=1S/C18H26N2O2S/c1-14(2)15-8-4-5-9-16(15)19-17(21)12-23-13-18(22)20-10-6-3-7-11-20/h4-5,8-9,14H,3,6-7,10-13H2,1-2H3,(H,19,21). The molecule has 1 saturated heterocycles. The summed E-state index contributed by atoms with van der Waals surface area (Å²) in [5, 5.41) is 2.96. The lowest BCUT2D eigenvalue weighted by molar-refractivity contribution is -0.129. The second-order valence-corrected chi connectivity index (χ2v) is 7.21. The van der Waals surface area contributed by atoms with Gasteiger partial charge in [0.2, 0.25) is 11.8 Å². The Morgan fingerprint density at radius 1 is 1.13 bits per heavy atom. The molecule has 0 radical (unpaired) electrons. The van der Waals surface area contributed by atoms with Crippen molar-refractivity contribution in [2.24, 2.45) is 0 Å². The van der Waals surface area contributed by atoms with Crippen LogP contribution in [-0.4, -0.2) is 41.3 Å². The van der Waals surface area contributed by atoms with Gasteiger partial charge in [-0.2, -0.15) is 0 Å². The number of benzene rings is 1. The Labute approximate surface area is 143 Å². The molecule has 2 amide bonds. The summed E-state index contributed by atoms with van der Waals surface area (Å²) in [5.41, 5.74) is 2.01. The van der Waals surface area contributed by atoms with Crippen LogP contribution < -0.4 is 5.32 Å². The third-order valence-corrected chi connectivity index (χ3v) is 4.94. The topological polar surface area (TPSA) is 49.4 Å². The molecule has 1 aromatic rings. The fourth-order valence-electron chi connectivity index (χ4n) is 2.77. The monoisotopic (exact) mass is 334 g/mol. The average molecular weight is 334 g/mol. The highest BCUT2D eigenvalue weighted by molar-refractivity contribution is 8.00. The quantitative estimate of drug-likeness (QED) is 0.866. The number of nitrogens with one attached hydrogen (secondary N) is 1. The van der Waals surface area contributed by atoms with Crippen molar-refractivity contribution in [3.8, 4) is 0 Å². The summed E-state index contributed by atoms with van der Waals surface area (Å²) in [6, 6.07) is 7.87. The third kappa shape index (κ3) is 5.57. The van der Waals surface area contributed by atoms with Gasteiger partial charge in [0.05, 0.1) is 11.5 Å². The zero-order valence-electron chi connectivity index (χ0n) is 14.0. The summed E-state index contributed by atoms with van der Waals surface area (Å²) in [6.07, 6.45) is 3.42. The first-order valence-corrected chi connectivity index (χ1v) is 9.47. The molecule has 1 aromatic carbocycles. The zero-order valence-corrected chi connectivity index (χ0v) is 14.8. The molecule has 0 unspecified atom stereocenters. The Morgan fingerprint density at radius 3 is 2.52 bits per heavy atom. The van der Waals surface area contributed by atoms with Crippen LogP contribution in [0.25, 0.3) is 0 Å². The normalized spacial score (nSPS) is 14.8. The van der Waals surface area contributed by atoms with Crippen LogP contribution in [0.1, 0.15) is 44.6 Å². The molecule has 0 saturated carbocycles. The number of nitrogens with zero attached hydrogens (tertiary/aromatic N) is 1. The van der Waals surface area contributed by atoms with Crippen LogP contribution in [0.4, 0.5) is 5.69 Å². The molecule has 1 aliphatic heterocycles. The Bertz CT molecular complexity index is 540. The number of anilines is 1. The van der Waals surface area contributed by atoms with Crippen molar-refractivity contribution >= 4 is 29.3 Å². The minimum absolute atomic E-state index is 0.0467. The van der Waals surface area contributed by atoms with Crippen molar-refractivity contribution in [3.63, 3.8) is 0 Å². The lowest BCUT2D eigenvalue weighted by Gasteiger charge is -2.26. The van der Waals surface area contributed by atoms with Gasteiger partial charge in [0.25, 0.3) is 0 Å². The molecule has 23 heavy (non-hydrogen) atoms. The molecule has 0 atom stereocenters. The largest absolute Gasteiger partial charge is 0.342 e. The van der Waals surface area contributed by atoms with E-state index in [0.29, 0.717) is 17.4 Å². The Hall–Kier alpha value is -1.49. The van der Waals surface area contributed by atoms with Crippen LogP contribution in [0.5, 0.6) is 0 Å². The van der Waals surface area contributed by atoms with Gasteiger partial charge >= 0.3 is 0 Å². The van der Waals surface area contributed by atoms with Crippen LogP contribution in [-0.2, 0) is 9.59 Å². The number of piperidine rings is 1. The zero-order chi connectivity index (χ0) is 16.7. The van der Waals surface area contributed by atoms with Crippen LogP contribution in [0, 0.1) is 0 Å². The van der Waals surface area contributed by atoms with E-state index in [-0.39, 0.29) is 11.8 Å². The molecule has 0 aliphatic carbocycles. The fraction of sp³-hybridized carbons (Fsp3) is 0.556. The summed E-state index contributed by atoms with van der Waals surface area (Å²) in [7, 11) is 0. The molecule has 0 bridgehead atoms. The van der Waals surface area contributed by atoms with Crippen molar-refractivity contribution in [2.75, 3.05) is 29.9 Å². The first-order valence-electron chi connectivity index (χ1n) is 8.32. The molecule has 1 aliphatic rings. The smallest absolute Gasteiger partial charge is 0.234 e. The van der Waals surface area contributed by atoms with Crippen molar-refractivity contribution in [1.29, 1.82) is 0 Å². The Balaban J connectivity index is 1.76. The van der Waals surface area contributed by atoms with E-state index in [1.807, 2.05) is 29.2 Å². The van der Waals surface area contributed by atoms with E-state index in [4.69, 9.17) is 0 Å². The minimum Gasteiger partial charge on any atom is -0.342 e. The number of rotatable bonds is 6. The number of hydrogen-bond acceptors (Lipinski definition) is 3. The molecule has 5 heteroatoms. The lowest BCUT2D eigenvalue weighted by Crippen LogP contribution is -2.37. The predicted octanol–water partition coefficient (Wildman–Crippen LogP) is 3.49. The molecule has 0 spiro atoms. The number of amides is 2. The highest BCUT2D eigenvalue weighted by atomic mass is 32.2. The fourth-order valence-corrected chi connectivity index (χ4v) is 3.48. The van der Waals surface area contributed by atoms with Crippen molar-refractivity contribution in [3.05, 3.63) is 29.8 Å². The van der Waals surface area contributed by atoms with Crippen molar-refractivity contribution in [1.82, 2.24) is 4.90 Å². The van der Waals surface area contributed by atoms with Crippen LogP contribution >= 0.6 is 11.8 Å². The summed E-state index contributed by atoms with van der Waals surface area (Å²) in [5.74, 6) is 1.17. The third-order valence-electron chi connectivity index (χ3n) is 4.02. The molecule has 1 heterocycles. The minimum atomic E-state index is -0.0467. The number of hydrogen-bond donors (Lipinski definition) is 1. The summed E-state index contributed by atoms with van der Waals surface area (Å²) in [6.45, 7) is 5.95. The van der Waals surface area contributed by atoms with E-state index in [9.17, 15) is 9.59 Å². The van der Waals surface area contributed by atoms with E-state index in [2.05, 4.69) is 19.2 Å². The predicted molar refractivity (Wildman–Crippen MR) is 96.9 cm³/mol. The van der Waals surface area contributed by atoms with Gasteiger partial charge in [-0.05, 0) is 36.8 Å². The molecular weight excluding hydrogens is 308 g/mol. The van der Waals surface area contributed by atoms with Gasteiger partial charge in [-0.25, -0.2) is 0 Å². The Morgan fingerprint density at radius 2 is 1.83 bits per heavy atom. The highest BCUT2D eigenvalue weighted by Gasteiger charge is 2.17. The van der Waals surface area contributed by atoms with E-state index in [1.165, 1.54) is 18.2 Å². The van der Waals surface area contributed by atoms with Gasteiger partial charge < -0.3 is 10.2 Å². The maximum Gasteiger partial charge on any atom is 0.234 e. The molecule has 4 nitrogen and oxygen atoms in total. The van der Waals surface area contributed by atoms with Crippen molar-refractivity contribution < 1.29 is 9.59 Å². The van der Waals surface area contributed by atoms with Gasteiger partial charge in [-0.3, -0.25) is 9.59 Å². The molecular formula is C18H26N2O2S. The summed E-state index contributed by atoms with van der Waals surface area (Å²) >= 11 is 1.39. The summed E-state index contributed by atoms with van der Waals surface area (Å²) < 4.78 is 0. The van der Waals surface area contributed by atoms with Gasteiger partial charge in [0, 0.05) is 18.8 Å². The number of thioether (sulfide) groups is 1. The maximum atomic E-state index is 12.1. The van der Waals surface area contributed by atoms with Gasteiger partial charge in [0.1, 0.15) is 0 Å². The van der Waals surface area contributed by atoms with E-state index >= 15 is 0 Å². The molecule has 126 valence electrons. The van der Waals surface area contributed by atoms with Crippen LogP contribution in [0.2, 0.25) is 0 Å². The number of carbonyl (C=O) groups is 2. The summed E-state index contributed by atoms with van der Waals surface area (Å²) in [4.78, 5) is 26.1. The number of carbonyl (C=O) groups excluding carboxylic acids is 2. The van der Waals surface area contributed by atoms with E-state index < -0.39 is 0 Å². The van der Waals surface area contributed by atoms with Crippen molar-refractivity contribution in [2.45, 2.75) is 39.0 Å². The average Bonchev–Trinajstić information content (AvgIpc) is 2.56. The number of para-hydroxylation sites is 1. The van der Waals surface area contributed by atoms with E-state index in [0.717, 1.165) is 37.2 Å². The van der Waals surface area contributed by atoms with Gasteiger partial charge in [-0.1, -0.05) is 32.0 Å². The van der Waals surface area contributed by atoms with Crippen LogP contribution in [0.3, 0.4) is 0 Å². The first-order chi connectivity index (χ1) is 11.1. The second-order valence-electron chi connectivity index (χ2n) is 6.22. The van der Waals surface area contributed by atoms with E-state index in [1.54, 1.807) is 0 Å². The number of likely N-dealkylation sites (tertiary alicyclic amines) is 1. The highest BCUT2D eigenvalue weighted by Crippen LogP contribution is 2.23. The molecule has 0 aromatic heterocycles. The first kappa shape index (κ1) is 17.9. The van der Waals surface area contributed by atoms with Gasteiger partial charge in [-0.15, -0.1) is 11.8 Å². The molecule has 1 N–H and O–H groups in total. The second kappa shape index (κ2) is 8.96.